The second-order valence-corrected chi connectivity index (χ2v) is 6.42. The highest BCUT2D eigenvalue weighted by molar-refractivity contribution is 9.10. The van der Waals surface area contributed by atoms with Gasteiger partial charge in [0.05, 0.1) is 0 Å². The third-order valence-electron chi connectivity index (χ3n) is 3.26. The van der Waals surface area contributed by atoms with Crippen LogP contribution in [0.1, 0.15) is 45.6 Å². The molecular weight excluding hydrogens is 305 g/mol. The lowest BCUT2D eigenvalue weighted by Gasteiger charge is -2.20. The SMILES string of the molecule is CCCNC(CCC(C)C)Cc1ccc(F)cc1Br. The number of halogens is 2. The Hall–Kier alpha value is -0.410. The Balaban J connectivity index is 2.63. The zero-order chi connectivity index (χ0) is 14.3. The molecule has 0 heterocycles. The van der Waals surface area contributed by atoms with Gasteiger partial charge in [-0.3, -0.25) is 0 Å². The lowest BCUT2D eigenvalue weighted by Crippen LogP contribution is -2.32. The van der Waals surface area contributed by atoms with Crippen molar-refractivity contribution in [3.8, 4) is 0 Å². The van der Waals surface area contributed by atoms with E-state index in [2.05, 4.69) is 42.0 Å². The van der Waals surface area contributed by atoms with Crippen LogP contribution in [0.2, 0.25) is 0 Å². The zero-order valence-corrected chi connectivity index (χ0v) is 13.8. The lowest BCUT2D eigenvalue weighted by molar-refractivity contribution is 0.427. The summed E-state index contributed by atoms with van der Waals surface area (Å²) in [5.41, 5.74) is 1.18. The van der Waals surface area contributed by atoms with Gasteiger partial charge in [0.2, 0.25) is 0 Å². The summed E-state index contributed by atoms with van der Waals surface area (Å²) in [5, 5.41) is 3.60. The second-order valence-electron chi connectivity index (χ2n) is 5.56. The number of benzene rings is 1. The van der Waals surface area contributed by atoms with Gasteiger partial charge in [-0.15, -0.1) is 0 Å². The van der Waals surface area contributed by atoms with Crippen molar-refractivity contribution < 1.29 is 4.39 Å². The van der Waals surface area contributed by atoms with Crippen LogP contribution in [0.15, 0.2) is 22.7 Å². The minimum Gasteiger partial charge on any atom is -0.314 e. The number of rotatable bonds is 8. The first-order valence-corrected chi connectivity index (χ1v) is 7.99. The van der Waals surface area contributed by atoms with E-state index < -0.39 is 0 Å². The molecular formula is C16H25BrFN. The van der Waals surface area contributed by atoms with Gasteiger partial charge < -0.3 is 5.32 Å². The first-order chi connectivity index (χ1) is 9.02. The van der Waals surface area contributed by atoms with Crippen molar-refractivity contribution in [3.63, 3.8) is 0 Å². The van der Waals surface area contributed by atoms with Crippen molar-refractivity contribution in [3.05, 3.63) is 34.1 Å². The van der Waals surface area contributed by atoms with Crippen molar-refractivity contribution in [2.24, 2.45) is 5.92 Å². The molecule has 1 nitrogen and oxygen atoms in total. The van der Waals surface area contributed by atoms with E-state index in [1.165, 1.54) is 18.4 Å². The van der Waals surface area contributed by atoms with Crippen molar-refractivity contribution in [2.45, 2.75) is 52.5 Å². The molecule has 1 aromatic carbocycles. The molecule has 0 bridgehead atoms. The van der Waals surface area contributed by atoms with Crippen LogP contribution in [0.5, 0.6) is 0 Å². The van der Waals surface area contributed by atoms with Crippen LogP contribution in [0, 0.1) is 11.7 Å². The van der Waals surface area contributed by atoms with E-state index in [0.29, 0.717) is 6.04 Å². The maximum absolute atomic E-state index is 13.1. The number of nitrogens with one attached hydrogen (secondary N) is 1. The van der Waals surface area contributed by atoms with Crippen molar-refractivity contribution >= 4 is 15.9 Å². The van der Waals surface area contributed by atoms with Crippen LogP contribution in [-0.4, -0.2) is 12.6 Å². The van der Waals surface area contributed by atoms with Gasteiger partial charge in [0.1, 0.15) is 5.82 Å². The molecule has 108 valence electrons. The molecule has 0 spiro atoms. The van der Waals surface area contributed by atoms with Gasteiger partial charge >= 0.3 is 0 Å². The maximum Gasteiger partial charge on any atom is 0.124 e. The average Bonchev–Trinajstić information content (AvgIpc) is 2.35. The summed E-state index contributed by atoms with van der Waals surface area (Å²) in [4.78, 5) is 0. The van der Waals surface area contributed by atoms with E-state index in [1.807, 2.05) is 6.07 Å². The van der Waals surface area contributed by atoms with Crippen LogP contribution in [-0.2, 0) is 6.42 Å². The molecule has 0 saturated heterocycles. The van der Waals surface area contributed by atoms with Gasteiger partial charge in [0, 0.05) is 10.5 Å². The van der Waals surface area contributed by atoms with E-state index in [1.54, 1.807) is 12.1 Å². The summed E-state index contributed by atoms with van der Waals surface area (Å²) in [6.45, 7) is 7.73. The predicted molar refractivity (Wildman–Crippen MR) is 84.0 cm³/mol. The van der Waals surface area contributed by atoms with Gasteiger partial charge in [0.15, 0.2) is 0 Å². The molecule has 1 atom stereocenters. The fraction of sp³-hybridized carbons (Fsp3) is 0.625. The molecule has 0 amide bonds. The Morgan fingerprint density at radius 2 is 2.00 bits per heavy atom. The van der Waals surface area contributed by atoms with Crippen LogP contribution >= 0.6 is 15.9 Å². The third-order valence-corrected chi connectivity index (χ3v) is 4.00. The highest BCUT2D eigenvalue weighted by Crippen LogP contribution is 2.21. The second kappa shape index (κ2) is 8.70. The Bertz CT molecular complexity index is 379. The van der Waals surface area contributed by atoms with Crippen molar-refractivity contribution in [1.82, 2.24) is 5.32 Å². The van der Waals surface area contributed by atoms with E-state index in [0.717, 1.165) is 29.8 Å². The molecule has 3 heteroatoms. The molecule has 1 unspecified atom stereocenters. The minimum absolute atomic E-state index is 0.184. The molecule has 1 N–H and O–H groups in total. The van der Waals surface area contributed by atoms with E-state index in [4.69, 9.17) is 0 Å². The van der Waals surface area contributed by atoms with Gasteiger partial charge in [0.25, 0.3) is 0 Å². The summed E-state index contributed by atoms with van der Waals surface area (Å²) in [6.07, 6.45) is 4.48. The molecule has 0 aliphatic rings. The van der Waals surface area contributed by atoms with Gasteiger partial charge in [-0.05, 0) is 55.8 Å². The van der Waals surface area contributed by atoms with E-state index in [9.17, 15) is 4.39 Å². The highest BCUT2D eigenvalue weighted by Gasteiger charge is 2.12. The fourth-order valence-electron chi connectivity index (χ4n) is 2.11. The molecule has 0 aliphatic heterocycles. The first-order valence-electron chi connectivity index (χ1n) is 7.20. The Kier molecular flexibility index (Phi) is 7.62. The minimum atomic E-state index is -0.184. The normalized spacial score (nSPS) is 12.9. The number of hydrogen-bond acceptors (Lipinski definition) is 1. The molecule has 0 fully saturated rings. The van der Waals surface area contributed by atoms with Crippen molar-refractivity contribution in [1.29, 1.82) is 0 Å². The Labute approximate surface area is 125 Å². The van der Waals surface area contributed by atoms with Crippen molar-refractivity contribution in [2.75, 3.05) is 6.54 Å². The smallest absolute Gasteiger partial charge is 0.124 e. The Morgan fingerprint density at radius 1 is 1.26 bits per heavy atom. The number of hydrogen-bond donors (Lipinski definition) is 1. The molecule has 1 rings (SSSR count). The average molecular weight is 330 g/mol. The lowest BCUT2D eigenvalue weighted by atomic mass is 9.97. The summed E-state index contributed by atoms with van der Waals surface area (Å²) in [5.74, 6) is 0.540. The summed E-state index contributed by atoms with van der Waals surface area (Å²) in [6, 6.07) is 5.45. The Morgan fingerprint density at radius 3 is 2.58 bits per heavy atom. The molecule has 0 saturated carbocycles. The quantitative estimate of drug-likeness (QED) is 0.712. The van der Waals surface area contributed by atoms with E-state index in [-0.39, 0.29) is 5.82 Å². The predicted octanol–water partition coefficient (Wildman–Crippen LogP) is 4.94. The van der Waals surface area contributed by atoms with Crippen LogP contribution < -0.4 is 5.32 Å². The molecule has 0 radical (unpaired) electrons. The molecule has 0 aliphatic carbocycles. The fourth-order valence-corrected chi connectivity index (χ4v) is 2.62. The monoisotopic (exact) mass is 329 g/mol. The summed E-state index contributed by atoms with van der Waals surface area (Å²) >= 11 is 3.46. The standard InChI is InChI=1S/C16H25BrFN/c1-4-9-19-15(8-5-12(2)3)10-13-6-7-14(18)11-16(13)17/h6-7,11-12,15,19H,4-5,8-10H2,1-3H3. The molecule has 1 aromatic rings. The van der Waals surface area contributed by atoms with Gasteiger partial charge in [-0.1, -0.05) is 42.8 Å². The summed E-state index contributed by atoms with van der Waals surface area (Å²) < 4.78 is 14.0. The van der Waals surface area contributed by atoms with Gasteiger partial charge in [-0.25, -0.2) is 4.39 Å². The largest absolute Gasteiger partial charge is 0.314 e. The first kappa shape index (κ1) is 16.6. The van der Waals surface area contributed by atoms with E-state index >= 15 is 0 Å². The van der Waals surface area contributed by atoms with Crippen LogP contribution in [0.3, 0.4) is 0 Å². The van der Waals surface area contributed by atoms with Crippen LogP contribution in [0.4, 0.5) is 4.39 Å². The topological polar surface area (TPSA) is 12.0 Å². The molecule has 0 aromatic heterocycles. The van der Waals surface area contributed by atoms with Gasteiger partial charge in [-0.2, -0.15) is 0 Å². The summed E-state index contributed by atoms with van der Waals surface area (Å²) in [7, 11) is 0. The zero-order valence-electron chi connectivity index (χ0n) is 12.2. The highest BCUT2D eigenvalue weighted by atomic mass is 79.9. The molecule has 19 heavy (non-hydrogen) atoms. The van der Waals surface area contributed by atoms with Crippen LogP contribution in [0.25, 0.3) is 0 Å². The third kappa shape index (κ3) is 6.53. The maximum atomic E-state index is 13.1.